The zero-order valence-electron chi connectivity index (χ0n) is 9.63. The lowest BCUT2D eigenvalue weighted by atomic mass is 10.2. The minimum Gasteiger partial charge on any atom is -0.352 e. The van der Waals surface area contributed by atoms with E-state index in [1.807, 2.05) is 30.3 Å². The summed E-state index contributed by atoms with van der Waals surface area (Å²) < 4.78 is 26.1. The molecule has 0 amide bonds. The normalized spacial score (nSPS) is 11.6. The molecule has 0 fully saturated rings. The second-order valence-electron chi connectivity index (χ2n) is 3.09. The van der Waals surface area contributed by atoms with E-state index in [4.69, 9.17) is 9.05 Å². The van der Waals surface area contributed by atoms with Gasteiger partial charge in [0.2, 0.25) is 0 Å². The van der Waals surface area contributed by atoms with Crippen LogP contribution in [0.4, 0.5) is 0 Å². The summed E-state index contributed by atoms with van der Waals surface area (Å²) in [5, 5.41) is 0. The Kier molecular flexibility index (Phi) is 5.71. The highest BCUT2D eigenvalue weighted by Gasteiger charge is 2.33. The lowest BCUT2D eigenvalue weighted by molar-refractivity contribution is 0.0233. The van der Waals surface area contributed by atoms with Crippen molar-refractivity contribution < 1.29 is 18.1 Å². The maximum absolute atomic E-state index is 12.0. The van der Waals surface area contributed by atoms with E-state index in [0.29, 0.717) is 19.8 Å². The Balaban J connectivity index is 2.53. The minimum atomic E-state index is -3.26. The Hall–Kier alpha value is -0.670. The average molecular weight is 245 g/mol. The fourth-order valence-electron chi connectivity index (χ4n) is 1.20. The topological polar surface area (TPSA) is 48.3 Å². The van der Waals surface area contributed by atoms with Crippen LogP contribution in [0.1, 0.15) is 19.4 Å². The molecule has 0 heterocycles. The Morgan fingerprint density at radius 3 is 2.19 bits per heavy atom. The smallest absolute Gasteiger partial charge is 0.352 e. The van der Waals surface area contributed by atoms with E-state index in [-0.39, 0.29) is 0 Å². The van der Waals surface area contributed by atoms with Crippen molar-refractivity contribution in [3.05, 3.63) is 35.9 Å². The van der Waals surface area contributed by atoms with Gasteiger partial charge in [-0.25, -0.2) is 9.05 Å². The summed E-state index contributed by atoms with van der Waals surface area (Å²) in [6.45, 7) is 4.54. The van der Waals surface area contributed by atoms with Crippen molar-refractivity contribution in [1.82, 2.24) is 0 Å². The zero-order chi connectivity index (χ0) is 11.9. The van der Waals surface area contributed by atoms with Gasteiger partial charge in [0.25, 0.3) is 0 Å². The largest absolute Gasteiger partial charge is 0.635 e. The molecule has 0 unspecified atom stereocenters. The molecule has 4 nitrogen and oxygen atoms in total. The quantitative estimate of drug-likeness (QED) is 0.548. The van der Waals surface area contributed by atoms with Gasteiger partial charge in [0.05, 0.1) is 13.2 Å². The molecular formula is C11H18O4P+. The van der Waals surface area contributed by atoms with Gasteiger partial charge >= 0.3 is 7.82 Å². The molecular weight excluding hydrogens is 227 g/mol. The number of hydrogen-bond acceptors (Lipinski definition) is 3. The highest BCUT2D eigenvalue weighted by molar-refractivity contribution is 7.47. The second-order valence-corrected chi connectivity index (χ2v) is 4.83. The summed E-state index contributed by atoms with van der Waals surface area (Å²) in [6.07, 6.45) is 0. The van der Waals surface area contributed by atoms with Crippen molar-refractivity contribution in [2.75, 3.05) is 13.2 Å². The van der Waals surface area contributed by atoms with Gasteiger partial charge < -0.3 is 4.52 Å². The summed E-state index contributed by atoms with van der Waals surface area (Å²) in [5.74, 6) is 0. The van der Waals surface area contributed by atoms with E-state index in [1.54, 1.807) is 13.8 Å². The van der Waals surface area contributed by atoms with Gasteiger partial charge in [0.1, 0.15) is 0 Å². The third kappa shape index (κ3) is 4.45. The molecule has 0 atom stereocenters. The van der Waals surface area contributed by atoms with Crippen LogP contribution in [-0.4, -0.2) is 17.7 Å². The number of aliphatic hydroxyl groups is 1. The van der Waals surface area contributed by atoms with Crippen LogP contribution in [0.25, 0.3) is 0 Å². The molecule has 90 valence electrons. The van der Waals surface area contributed by atoms with Crippen molar-refractivity contribution in [2.24, 2.45) is 0 Å². The second kappa shape index (κ2) is 6.81. The lowest BCUT2D eigenvalue weighted by Gasteiger charge is -2.11. The van der Waals surface area contributed by atoms with Crippen LogP contribution in [0.3, 0.4) is 0 Å². The number of rotatable bonds is 7. The van der Waals surface area contributed by atoms with Crippen LogP contribution in [0.2, 0.25) is 0 Å². The molecule has 1 N–H and O–H groups in total. The average Bonchev–Trinajstić information content (AvgIpc) is 2.29. The first-order valence-corrected chi connectivity index (χ1v) is 6.82. The lowest BCUT2D eigenvalue weighted by Crippen LogP contribution is -2.04. The maximum Gasteiger partial charge on any atom is 0.635 e. The zero-order valence-corrected chi connectivity index (χ0v) is 10.5. The summed E-state index contributed by atoms with van der Waals surface area (Å²) in [7, 11) is -3.26. The van der Waals surface area contributed by atoms with Gasteiger partial charge in [0.15, 0.2) is 6.61 Å². The molecule has 0 aromatic heterocycles. The summed E-state index contributed by atoms with van der Waals surface area (Å²) >= 11 is 0. The van der Waals surface area contributed by atoms with Gasteiger partial charge in [-0.05, 0) is 13.8 Å². The predicted molar refractivity (Wildman–Crippen MR) is 63.2 cm³/mol. The molecule has 0 aliphatic rings. The van der Waals surface area contributed by atoms with Crippen LogP contribution >= 0.6 is 7.82 Å². The van der Waals surface area contributed by atoms with E-state index in [2.05, 4.69) is 4.52 Å². The Morgan fingerprint density at radius 2 is 1.69 bits per heavy atom. The highest BCUT2D eigenvalue weighted by atomic mass is 31.2. The molecule has 1 aromatic rings. The van der Waals surface area contributed by atoms with E-state index < -0.39 is 7.82 Å². The third-order valence-corrected chi connectivity index (χ3v) is 3.51. The monoisotopic (exact) mass is 245 g/mol. The molecule has 16 heavy (non-hydrogen) atoms. The molecule has 0 radical (unpaired) electrons. The number of benzene rings is 1. The maximum atomic E-state index is 12.0. The van der Waals surface area contributed by atoms with Crippen LogP contribution in [0, 0.1) is 0 Å². The van der Waals surface area contributed by atoms with Crippen molar-refractivity contribution in [2.45, 2.75) is 20.5 Å². The van der Waals surface area contributed by atoms with Crippen molar-refractivity contribution in [3.63, 3.8) is 0 Å². The van der Waals surface area contributed by atoms with Crippen LogP contribution in [-0.2, 0) is 20.2 Å². The summed E-state index contributed by atoms with van der Waals surface area (Å²) in [4.78, 5) is 0. The molecule has 0 aliphatic carbocycles. The van der Waals surface area contributed by atoms with Crippen molar-refractivity contribution in [1.29, 1.82) is 0 Å². The van der Waals surface area contributed by atoms with E-state index >= 15 is 0 Å². The minimum absolute atomic E-state index is 0.329. The van der Waals surface area contributed by atoms with Gasteiger partial charge in [-0.1, -0.05) is 30.3 Å². The molecule has 5 heteroatoms. The van der Waals surface area contributed by atoms with E-state index in [0.717, 1.165) is 5.56 Å². The van der Waals surface area contributed by atoms with Crippen molar-refractivity contribution >= 4 is 7.82 Å². The molecule has 0 spiro atoms. The molecule has 1 rings (SSSR count). The van der Waals surface area contributed by atoms with Crippen LogP contribution < -0.4 is 0 Å². The van der Waals surface area contributed by atoms with Crippen LogP contribution in [0.5, 0.6) is 0 Å². The van der Waals surface area contributed by atoms with Gasteiger partial charge in [-0.3, -0.25) is 0 Å². The van der Waals surface area contributed by atoms with E-state index in [1.165, 1.54) is 0 Å². The number of hydrogen-bond donors (Lipinski definition) is 0. The molecule has 0 bridgehead atoms. The Bertz CT molecular complexity index is 329. The Morgan fingerprint density at radius 1 is 1.12 bits per heavy atom. The molecule has 1 aromatic carbocycles. The van der Waals surface area contributed by atoms with E-state index in [9.17, 15) is 4.57 Å². The van der Waals surface area contributed by atoms with Gasteiger partial charge in [-0.2, -0.15) is 4.57 Å². The van der Waals surface area contributed by atoms with Gasteiger partial charge in [0, 0.05) is 5.56 Å². The highest BCUT2D eigenvalue weighted by Crippen LogP contribution is 2.47. The summed E-state index contributed by atoms with van der Waals surface area (Å²) in [6, 6.07) is 9.60. The fraction of sp³-hybridized carbons (Fsp3) is 0.455. The molecule has 0 saturated heterocycles. The van der Waals surface area contributed by atoms with Crippen molar-refractivity contribution in [3.8, 4) is 0 Å². The first kappa shape index (κ1) is 13.4. The first-order valence-electron chi connectivity index (χ1n) is 5.32. The Labute approximate surface area is 96.1 Å². The summed E-state index contributed by atoms with van der Waals surface area (Å²) in [5.41, 5.74) is 0.988. The molecule has 0 saturated carbocycles. The standard InChI is InChI=1S/C11H17O4P/c1-3-13-16(12,14-4-2)15-10-11-8-6-5-7-9-11/h5-9H,3-4,10H2,1-2H3/p+1. The SMILES string of the molecule is CCOP(=O)(OCC)[OH+]Cc1ccccc1. The first-order chi connectivity index (χ1) is 7.70. The fourth-order valence-corrected chi connectivity index (χ4v) is 2.42. The predicted octanol–water partition coefficient (Wildman–Crippen LogP) is 2.90. The van der Waals surface area contributed by atoms with Gasteiger partial charge in [-0.15, -0.1) is 0 Å². The third-order valence-electron chi connectivity index (χ3n) is 1.85. The van der Waals surface area contributed by atoms with Crippen LogP contribution in [0.15, 0.2) is 30.3 Å². The molecule has 0 aliphatic heterocycles.